The summed E-state index contributed by atoms with van der Waals surface area (Å²) >= 11 is 0. The smallest absolute Gasteiger partial charge is 0.124 e. The third-order valence-electron chi connectivity index (χ3n) is 8.34. The molecule has 1 aromatic rings. The first-order chi connectivity index (χ1) is 24.9. The van der Waals surface area contributed by atoms with E-state index < -0.39 is 30.5 Å². The number of hydrogen-bond acceptors (Lipinski definition) is 12. The van der Waals surface area contributed by atoms with Gasteiger partial charge in [0.15, 0.2) is 0 Å². The molecule has 0 aliphatic carbocycles. The van der Waals surface area contributed by atoms with Gasteiger partial charge < -0.3 is 49.2 Å². The van der Waals surface area contributed by atoms with Crippen LogP contribution in [0.2, 0.25) is 0 Å². The Labute approximate surface area is 315 Å². The summed E-state index contributed by atoms with van der Waals surface area (Å²) in [6.07, 6.45) is 6.64. The minimum Gasteiger partial charge on any atom is -0.491 e. The maximum atomic E-state index is 10.2. The van der Waals surface area contributed by atoms with Gasteiger partial charge in [-0.2, -0.15) is 0 Å². The second-order valence-electron chi connectivity index (χ2n) is 14.5. The molecule has 0 heterocycles. The molecule has 0 aliphatic rings. The Morgan fingerprint density at radius 3 is 1.27 bits per heavy atom. The van der Waals surface area contributed by atoms with Crippen molar-refractivity contribution in [1.29, 1.82) is 0 Å². The Bertz CT molecular complexity index is 948. The van der Waals surface area contributed by atoms with E-state index in [-0.39, 0.29) is 33.0 Å². The second-order valence-corrected chi connectivity index (χ2v) is 14.5. The zero-order valence-electron chi connectivity index (χ0n) is 33.5. The highest BCUT2D eigenvalue weighted by Gasteiger charge is 2.18. The summed E-state index contributed by atoms with van der Waals surface area (Å²) in [5.74, 6) is 0.717. The van der Waals surface area contributed by atoms with Crippen LogP contribution in [0.15, 0.2) is 12.1 Å². The van der Waals surface area contributed by atoms with Gasteiger partial charge in [0.05, 0.1) is 83.4 Å². The molecule has 1 rings (SSSR count). The van der Waals surface area contributed by atoms with Crippen molar-refractivity contribution in [3.63, 3.8) is 0 Å². The molecule has 0 saturated heterocycles. The fourth-order valence-corrected chi connectivity index (χ4v) is 5.65. The van der Waals surface area contributed by atoms with E-state index in [0.717, 1.165) is 36.1 Å². The zero-order chi connectivity index (χ0) is 38.6. The number of unbranched alkanes of at least 4 members (excludes halogenated alkanes) is 6. The second kappa shape index (κ2) is 30.9. The minimum atomic E-state index is -0.642. The van der Waals surface area contributed by atoms with Gasteiger partial charge in [0.1, 0.15) is 12.4 Å². The van der Waals surface area contributed by atoms with E-state index >= 15 is 0 Å². The average Bonchev–Trinajstić information content (AvgIpc) is 3.07. The first-order valence-corrected chi connectivity index (χ1v) is 19.8. The van der Waals surface area contributed by atoms with Crippen molar-refractivity contribution in [2.45, 2.75) is 137 Å². The average molecular weight is 745 g/mol. The fraction of sp³-hybridized carbons (Fsp3) is 0.850. The van der Waals surface area contributed by atoms with Gasteiger partial charge in [-0.05, 0) is 64.7 Å². The fourth-order valence-electron chi connectivity index (χ4n) is 5.65. The molecule has 0 amide bonds. The Morgan fingerprint density at radius 2 is 0.865 bits per heavy atom. The Morgan fingerprint density at radius 1 is 0.481 bits per heavy atom. The number of ether oxygens (including phenoxy) is 5. The maximum Gasteiger partial charge on any atom is 0.124 e. The molecule has 12 nitrogen and oxygen atoms in total. The first-order valence-electron chi connectivity index (χ1n) is 19.8. The Kier molecular flexibility index (Phi) is 28.8. The molecule has 0 saturated carbocycles. The number of aryl methyl sites for hydroxylation is 1. The summed E-state index contributed by atoms with van der Waals surface area (Å²) in [6.45, 7) is 17.5. The van der Waals surface area contributed by atoms with Crippen molar-refractivity contribution < 1.29 is 49.2 Å². The third-order valence-corrected chi connectivity index (χ3v) is 8.34. The highest BCUT2D eigenvalue weighted by Crippen LogP contribution is 2.29. The third kappa shape index (κ3) is 26.4. The number of aliphatic hydroxyl groups excluding tert-OH is 5. The van der Waals surface area contributed by atoms with Gasteiger partial charge in [0, 0.05) is 44.8 Å². The largest absolute Gasteiger partial charge is 0.491 e. The highest BCUT2D eigenvalue weighted by molar-refractivity contribution is 5.43. The lowest BCUT2D eigenvalue weighted by Gasteiger charge is -2.27. The molecule has 12 heteroatoms. The van der Waals surface area contributed by atoms with Gasteiger partial charge in [-0.25, -0.2) is 0 Å². The van der Waals surface area contributed by atoms with Crippen LogP contribution in [0.4, 0.5) is 0 Å². The van der Waals surface area contributed by atoms with Crippen molar-refractivity contribution >= 4 is 0 Å². The summed E-state index contributed by atoms with van der Waals surface area (Å²) in [6, 6.07) is 4.39. The zero-order valence-corrected chi connectivity index (χ0v) is 33.5. The topological polar surface area (TPSA) is 154 Å². The number of nitrogens with zero attached hydrogens (tertiary/aromatic N) is 2. The van der Waals surface area contributed by atoms with Gasteiger partial charge in [-0.3, -0.25) is 9.80 Å². The summed E-state index contributed by atoms with van der Waals surface area (Å²) in [5.41, 5.74) is 3.41. The summed E-state index contributed by atoms with van der Waals surface area (Å²) in [4.78, 5) is 4.51. The molecular weight excluding hydrogens is 668 g/mol. The van der Waals surface area contributed by atoms with E-state index in [9.17, 15) is 25.5 Å². The van der Waals surface area contributed by atoms with Crippen LogP contribution >= 0.6 is 0 Å². The van der Waals surface area contributed by atoms with Crippen molar-refractivity contribution in [2.75, 3.05) is 85.6 Å². The number of rotatable bonds is 35. The number of benzene rings is 1. The van der Waals surface area contributed by atoms with Crippen LogP contribution in [0.5, 0.6) is 5.75 Å². The van der Waals surface area contributed by atoms with Crippen LogP contribution in [-0.4, -0.2) is 151 Å². The molecule has 0 spiro atoms. The molecule has 0 radical (unpaired) electrons. The van der Waals surface area contributed by atoms with Crippen LogP contribution in [0, 0.1) is 0 Å². The van der Waals surface area contributed by atoms with E-state index in [2.05, 4.69) is 28.9 Å². The van der Waals surface area contributed by atoms with Crippen molar-refractivity contribution in [2.24, 2.45) is 0 Å². The Balaban J connectivity index is 3.42. The predicted molar refractivity (Wildman–Crippen MR) is 206 cm³/mol. The van der Waals surface area contributed by atoms with E-state index in [1.807, 2.05) is 0 Å². The molecule has 0 bridgehead atoms. The minimum absolute atomic E-state index is 0.155. The standard InChI is InChI=1S/C40H76N2O10/c1-7-8-9-10-11-12-13-14-37-23-39(26-42(17-21-50-29-34(4)45)18-22-51-30-35(5)46)40(52-31-36(6)47)24-38(37)25-41(15-19-48-27-32(2)43)16-20-49-28-33(3)44/h23-24,32-36,43-47H,7-22,25-31H2,1-6H3. The lowest BCUT2D eigenvalue weighted by atomic mass is 9.96. The van der Waals surface area contributed by atoms with Gasteiger partial charge in [0.2, 0.25) is 0 Å². The SMILES string of the molecule is CCCCCCCCCc1cc(CN(CCOCC(C)O)CCOCC(C)O)c(OCC(C)O)cc1CN(CCOCC(C)O)CCOCC(C)O. The van der Waals surface area contributed by atoms with Gasteiger partial charge in [-0.1, -0.05) is 51.5 Å². The molecule has 52 heavy (non-hydrogen) atoms. The van der Waals surface area contributed by atoms with Crippen LogP contribution in [-0.2, 0) is 38.5 Å². The summed E-state index contributed by atoms with van der Waals surface area (Å²) in [5, 5.41) is 49.0. The van der Waals surface area contributed by atoms with Crippen molar-refractivity contribution in [1.82, 2.24) is 9.80 Å². The molecule has 5 N–H and O–H groups in total. The van der Waals surface area contributed by atoms with Crippen LogP contribution in [0.1, 0.15) is 103 Å². The Hall–Kier alpha value is -1.42. The van der Waals surface area contributed by atoms with E-state index in [1.54, 1.807) is 34.6 Å². The highest BCUT2D eigenvalue weighted by atomic mass is 16.5. The quantitative estimate of drug-likeness (QED) is 0.0641. The molecule has 0 fully saturated rings. The van der Waals surface area contributed by atoms with Gasteiger partial charge >= 0.3 is 0 Å². The van der Waals surface area contributed by atoms with Crippen LogP contribution in [0.25, 0.3) is 0 Å². The summed E-state index contributed by atoms with van der Waals surface area (Å²) < 4.78 is 29.2. The van der Waals surface area contributed by atoms with Crippen molar-refractivity contribution in [3.05, 3.63) is 28.8 Å². The van der Waals surface area contributed by atoms with Gasteiger partial charge in [0.25, 0.3) is 0 Å². The van der Waals surface area contributed by atoms with Gasteiger partial charge in [-0.15, -0.1) is 0 Å². The lowest BCUT2D eigenvalue weighted by Crippen LogP contribution is -2.33. The number of hydrogen-bond donors (Lipinski definition) is 5. The molecule has 5 atom stereocenters. The predicted octanol–water partition coefficient (Wildman–Crippen LogP) is 3.93. The van der Waals surface area contributed by atoms with Crippen LogP contribution < -0.4 is 4.74 Å². The van der Waals surface area contributed by atoms with E-state index in [4.69, 9.17) is 23.7 Å². The molecule has 5 unspecified atom stereocenters. The van der Waals surface area contributed by atoms with Crippen molar-refractivity contribution in [3.8, 4) is 5.75 Å². The molecule has 0 aromatic heterocycles. The normalized spacial score (nSPS) is 14.9. The molecular formula is C40H76N2O10. The molecule has 306 valence electrons. The van der Waals surface area contributed by atoms with Crippen LogP contribution in [0.3, 0.4) is 0 Å². The number of aliphatic hydroxyl groups is 5. The first kappa shape index (κ1) is 48.6. The summed E-state index contributed by atoms with van der Waals surface area (Å²) in [7, 11) is 0. The monoisotopic (exact) mass is 745 g/mol. The maximum absolute atomic E-state index is 10.2. The van der Waals surface area contributed by atoms with E-state index in [0.29, 0.717) is 65.7 Å². The lowest BCUT2D eigenvalue weighted by molar-refractivity contribution is 0.0169. The molecule has 1 aromatic carbocycles. The van der Waals surface area contributed by atoms with E-state index in [1.165, 1.54) is 37.7 Å². The molecule has 0 aliphatic heterocycles.